The maximum Gasteiger partial charge on any atom is 0.192 e. The minimum atomic E-state index is -1.99. The maximum absolute atomic E-state index is 16.0. The number of halogens is 1. The van der Waals surface area contributed by atoms with Gasteiger partial charge in [-0.05, 0) is 69.1 Å². The quantitative estimate of drug-likeness (QED) is 0.209. The van der Waals surface area contributed by atoms with Crippen LogP contribution in [0.2, 0.25) is 18.1 Å². The first-order valence-electron chi connectivity index (χ1n) is 12.9. The topological polar surface area (TPSA) is 46.2 Å². The van der Waals surface area contributed by atoms with Crippen molar-refractivity contribution in [3.63, 3.8) is 0 Å². The summed E-state index contributed by atoms with van der Waals surface area (Å²) in [6.45, 7) is 22.8. The summed E-state index contributed by atoms with van der Waals surface area (Å²) in [7, 11) is -0.369. The third kappa shape index (κ3) is 8.25. The molecule has 1 unspecified atom stereocenters. The molecule has 0 aromatic heterocycles. The van der Waals surface area contributed by atoms with E-state index in [9.17, 15) is 0 Å². The number of ether oxygens (including phenoxy) is 4. The van der Waals surface area contributed by atoms with E-state index in [1.54, 1.807) is 19.3 Å². The van der Waals surface area contributed by atoms with E-state index in [0.29, 0.717) is 6.42 Å². The molecule has 1 aliphatic rings. The molecule has 0 amide bonds. The van der Waals surface area contributed by atoms with Gasteiger partial charge in [0.15, 0.2) is 14.1 Å². The van der Waals surface area contributed by atoms with Crippen LogP contribution in [-0.2, 0) is 25.2 Å². The van der Waals surface area contributed by atoms with Crippen LogP contribution in [-0.4, -0.2) is 45.6 Å². The van der Waals surface area contributed by atoms with E-state index in [2.05, 4.69) is 40.4 Å². The molecule has 5 nitrogen and oxygen atoms in total. The Morgan fingerprint density at radius 1 is 1.17 bits per heavy atom. The van der Waals surface area contributed by atoms with Crippen molar-refractivity contribution in [2.75, 3.05) is 7.11 Å². The van der Waals surface area contributed by atoms with E-state index in [-0.39, 0.29) is 35.6 Å². The lowest BCUT2D eigenvalue weighted by molar-refractivity contribution is -0.158. The van der Waals surface area contributed by atoms with E-state index in [0.717, 1.165) is 11.3 Å². The van der Waals surface area contributed by atoms with E-state index < -0.39 is 26.3 Å². The second-order valence-corrected chi connectivity index (χ2v) is 16.5. The van der Waals surface area contributed by atoms with Gasteiger partial charge in [-0.25, -0.2) is 4.39 Å². The molecule has 2 rings (SSSR count). The summed E-state index contributed by atoms with van der Waals surface area (Å²) in [5.74, 6) is -0.613. The fourth-order valence-corrected chi connectivity index (χ4v) is 5.43. The molecule has 0 N–H and O–H groups in total. The number of hydrogen-bond acceptors (Lipinski definition) is 5. The highest BCUT2D eigenvalue weighted by Gasteiger charge is 2.47. The minimum Gasteiger partial charge on any atom is -0.497 e. The van der Waals surface area contributed by atoms with E-state index in [4.69, 9.17) is 23.4 Å². The fraction of sp³-hybridized carbons (Fsp3) is 0.655. The van der Waals surface area contributed by atoms with Crippen LogP contribution in [0, 0.1) is 5.92 Å². The monoisotopic (exact) mass is 522 g/mol. The highest BCUT2D eigenvalue weighted by molar-refractivity contribution is 6.74. The van der Waals surface area contributed by atoms with E-state index >= 15 is 4.39 Å². The Balaban J connectivity index is 2.29. The molecule has 1 heterocycles. The molecule has 36 heavy (non-hydrogen) atoms. The standard InChI is InChI=1S/C29H47FO5Si/c1-12-13-25-27(34-29(7,8)33-25)26(32-19-22-14-16-23(31-9)17-15-22)24(30)18-20(2)21(3)35-36(10,11)28(4,5)6/h12,14-18,20-21,25-27H,1,13,19H2,2-11H3/b24-18+/t20-,21+,25+,26?,27+/m1/s1. The summed E-state index contributed by atoms with van der Waals surface area (Å²) >= 11 is 0. The lowest BCUT2D eigenvalue weighted by Gasteiger charge is -2.39. The maximum atomic E-state index is 16.0. The molecule has 1 saturated heterocycles. The summed E-state index contributed by atoms with van der Waals surface area (Å²) < 4.78 is 46.2. The van der Waals surface area contributed by atoms with Crippen molar-refractivity contribution in [2.24, 2.45) is 5.92 Å². The Morgan fingerprint density at radius 2 is 1.78 bits per heavy atom. The molecule has 1 aromatic rings. The van der Waals surface area contributed by atoms with Gasteiger partial charge in [-0.1, -0.05) is 45.9 Å². The van der Waals surface area contributed by atoms with Gasteiger partial charge in [0.1, 0.15) is 23.8 Å². The van der Waals surface area contributed by atoms with E-state index in [1.807, 2.05) is 52.0 Å². The normalized spacial score (nSPS) is 23.2. The Hall–Kier alpha value is -1.51. The third-order valence-electron chi connectivity index (χ3n) is 7.23. The molecule has 0 spiro atoms. The summed E-state index contributed by atoms with van der Waals surface area (Å²) in [6, 6.07) is 7.54. The summed E-state index contributed by atoms with van der Waals surface area (Å²) in [5.41, 5.74) is 0.912. The number of benzene rings is 1. The van der Waals surface area contributed by atoms with Crippen molar-refractivity contribution >= 4 is 8.32 Å². The predicted molar refractivity (Wildman–Crippen MR) is 146 cm³/mol. The van der Waals surface area contributed by atoms with Crippen LogP contribution >= 0.6 is 0 Å². The van der Waals surface area contributed by atoms with Gasteiger partial charge in [0.05, 0.1) is 19.8 Å². The molecule has 1 fully saturated rings. The number of methoxy groups -OCH3 is 1. The molecular weight excluding hydrogens is 475 g/mol. The second kappa shape index (κ2) is 12.4. The largest absolute Gasteiger partial charge is 0.497 e. The van der Waals surface area contributed by atoms with Crippen LogP contribution < -0.4 is 4.74 Å². The van der Waals surface area contributed by atoms with Gasteiger partial charge in [0, 0.05) is 12.0 Å². The van der Waals surface area contributed by atoms with E-state index in [1.165, 1.54) is 0 Å². The number of hydrogen-bond donors (Lipinski definition) is 0. The summed E-state index contributed by atoms with van der Waals surface area (Å²) in [6.07, 6.45) is 1.87. The van der Waals surface area contributed by atoms with Gasteiger partial charge >= 0.3 is 0 Å². The lowest BCUT2D eigenvalue weighted by atomic mass is 9.99. The molecule has 0 aliphatic carbocycles. The number of rotatable bonds is 12. The van der Waals surface area contributed by atoms with Gasteiger partial charge in [0.2, 0.25) is 0 Å². The zero-order valence-corrected chi connectivity index (χ0v) is 24.9. The van der Waals surface area contributed by atoms with Gasteiger partial charge in [-0.2, -0.15) is 0 Å². The zero-order chi connectivity index (χ0) is 27.3. The smallest absolute Gasteiger partial charge is 0.192 e. The Kier molecular flexibility index (Phi) is 10.5. The highest BCUT2D eigenvalue weighted by Crippen LogP contribution is 2.39. The molecule has 0 bridgehead atoms. The first kappa shape index (κ1) is 30.7. The summed E-state index contributed by atoms with van der Waals surface area (Å²) in [4.78, 5) is 0. The van der Waals surface area contributed by atoms with Crippen molar-refractivity contribution in [1.82, 2.24) is 0 Å². The predicted octanol–water partition coefficient (Wildman–Crippen LogP) is 7.58. The SMILES string of the molecule is C=CC[C@@H]1OC(C)(C)O[C@@H]1C(OCc1ccc(OC)cc1)/C(F)=C\[C@@H](C)[C@H](C)O[Si](C)(C)C(C)(C)C. The van der Waals surface area contributed by atoms with Gasteiger partial charge in [0.25, 0.3) is 0 Å². The molecule has 7 heteroatoms. The van der Waals surface area contributed by atoms with Gasteiger partial charge in [-0.15, -0.1) is 6.58 Å². The fourth-order valence-electron chi connectivity index (χ4n) is 3.94. The average Bonchev–Trinajstić information content (AvgIpc) is 3.07. The van der Waals surface area contributed by atoms with Crippen LogP contribution in [0.1, 0.15) is 60.5 Å². The molecule has 204 valence electrons. The molecule has 0 saturated carbocycles. The van der Waals surface area contributed by atoms with Crippen molar-refractivity contribution < 1.29 is 27.8 Å². The first-order chi connectivity index (χ1) is 16.6. The van der Waals surface area contributed by atoms with Crippen molar-refractivity contribution in [3.8, 4) is 5.75 Å². The Morgan fingerprint density at radius 3 is 2.31 bits per heavy atom. The Bertz CT molecular complexity index is 875. The molecule has 1 aromatic carbocycles. The van der Waals surface area contributed by atoms with Crippen LogP contribution in [0.25, 0.3) is 0 Å². The Labute approximate surface area is 219 Å². The molecule has 1 aliphatic heterocycles. The van der Waals surface area contributed by atoms with Crippen molar-refractivity contribution in [3.05, 3.63) is 54.4 Å². The average molecular weight is 523 g/mol. The van der Waals surface area contributed by atoms with Crippen LogP contribution in [0.4, 0.5) is 4.39 Å². The van der Waals surface area contributed by atoms with Crippen molar-refractivity contribution in [1.29, 1.82) is 0 Å². The van der Waals surface area contributed by atoms with Crippen LogP contribution in [0.5, 0.6) is 5.75 Å². The first-order valence-corrected chi connectivity index (χ1v) is 15.8. The van der Waals surface area contributed by atoms with Gasteiger partial charge < -0.3 is 23.4 Å². The van der Waals surface area contributed by atoms with Gasteiger partial charge in [-0.3, -0.25) is 0 Å². The van der Waals surface area contributed by atoms with Crippen LogP contribution in [0.3, 0.4) is 0 Å². The summed E-state index contributed by atoms with van der Waals surface area (Å²) in [5, 5.41) is 0.0752. The van der Waals surface area contributed by atoms with Crippen LogP contribution in [0.15, 0.2) is 48.8 Å². The van der Waals surface area contributed by atoms with Crippen molar-refractivity contribution in [2.45, 2.75) is 110 Å². The second-order valence-electron chi connectivity index (χ2n) is 11.7. The molecule has 5 atom stereocenters. The minimum absolute atomic E-state index is 0.0752. The third-order valence-corrected chi connectivity index (χ3v) is 11.8. The lowest BCUT2D eigenvalue weighted by Crippen LogP contribution is -2.44. The highest BCUT2D eigenvalue weighted by atomic mass is 28.4. The molecule has 0 radical (unpaired) electrons. The molecular formula is C29H47FO5Si. The zero-order valence-electron chi connectivity index (χ0n) is 23.9.